The molecule has 1 heterocycles. The average Bonchev–Trinajstić information content (AvgIpc) is 2.70. The van der Waals surface area contributed by atoms with Crippen molar-refractivity contribution in [3.05, 3.63) is 52.8 Å². The zero-order valence-electron chi connectivity index (χ0n) is 13.0. The summed E-state index contributed by atoms with van der Waals surface area (Å²) in [7, 11) is 2.02. The lowest BCUT2D eigenvalue weighted by atomic mass is 9.97. The van der Waals surface area contributed by atoms with Crippen molar-refractivity contribution in [2.24, 2.45) is 7.05 Å². The number of nitrogens with one attached hydrogen (secondary N) is 1. The molecule has 0 saturated heterocycles. The minimum atomic E-state index is 0.383. The standard InChI is InChI=1S/C17H25N3/c1-5-18-16(12-11-15-9-7-6-8-10-15)17-13(2)19-20(4)14(17)3/h6-10,16,18H,5,11-12H2,1-4H3. The first-order valence-corrected chi connectivity index (χ1v) is 7.40. The van der Waals surface area contributed by atoms with Crippen LogP contribution in [0.3, 0.4) is 0 Å². The Morgan fingerprint density at radius 3 is 2.45 bits per heavy atom. The second kappa shape index (κ2) is 6.71. The molecular weight excluding hydrogens is 246 g/mol. The molecule has 1 aromatic carbocycles. The van der Waals surface area contributed by atoms with Gasteiger partial charge in [-0.05, 0) is 38.8 Å². The number of nitrogens with zero attached hydrogens (tertiary/aromatic N) is 2. The highest BCUT2D eigenvalue weighted by atomic mass is 15.3. The van der Waals surface area contributed by atoms with Crippen LogP contribution in [0.25, 0.3) is 0 Å². The largest absolute Gasteiger partial charge is 0.310 e. The average molecular weight is 271 g/mol. The number of benzene rings is 1. The van der Waals surface area contributed by atoms with Crippen LogP contribution in [0.5, 0.6) is 0 Å². The third-order valence-corrected chi connectivity index (χ3v) is 3.93. The molecule has 108 valence electrons. The third-order valence-electron chi connectivity index (χ3n) is 3.93. The molecule has 0 saturated carbocycles. The van der Waals surface area contributed by atoms with Crippen LogP contribution in [-0.2, 0) is 13.5 Å². The molecule has 3 nitrogen and oxygen atoms in total. The van der Waals surface area contributed by atoms with Crippen molar-refractivity contribution in [3.8, 4) is 0 Å². The highest BCUT2D eigenvalue weighted by molar-refractivity contribution is 5.28. The van der Waals surface area contributed by atoms with E-state index in [2.05, 4.69) is 61.5 Å². The molecule has 0 bridgehead atoms. The van der Waals surface area contributed by atoms with Gasteiger partial charge in [0.15, 0.2) is 0 Å². The van der Waals surface area contributed by atoms with Gasteiger partial charge in [0.05, 0.1) is 5.69 Å². The molecule has 2 aromatic rings. The lowest BCUT2D eigenvalue weighted by molar-refractivity contribution is 0.510. The van der Waals surface area contributed by atoms with Crippen molar-refractivity contribution in [2.45, 2.75) is 39.7 Å². The fraction of sp³-hybridized carbons (Fsp3) is 0.471. The van der Waals surface area contributed by atoms with Crippen LogP contribution in [0.4, 0.5) is 0 Å². The second-order valence-electron chi connectivity index (χ2n) is 5.34. The summed E-state index contributed by atoms with van der Waals surface area (Å²) in [6.45, 7) is 7.40. The third kappa shape index (κ3) is 3.28. The summed E-state index contributed by atoms with van der Waals surface area (Å²) in [5, 5.41) is 8.16. The maximum Gasteiger partial charge on any atom is 0.0644 e. The molecule has 0 amide bonds. The van der Waals surface area contributed by atoms with Crippen molar-refractivity contribution in [3.63, 3.8) is 0 Å². The normalized spacial score (nSPS) is 12.6. The summed E-state index contributed by atoms with van der Waals surface area (Å²) in [4.78, 5) is 0. The van der Waals surface area contributed by atoms with E-state index in [0.29, 0.717) is 6.04 Å². The molecule has 0 spiro atoms. The van der Waals surface area contributed by atoms with E-state index in [9.17, 15) is 0 Å². The minimum absolute atomic E-state index is 0.383. The van der Waals surface area contributed by atoms with E-state index in [4.69, 9.17) is 0 Å². The molecule has 20 heavy (non-hydrogen) atoms. The molecule has 1 unspecified atom stereocenters. The van der Waals surface area contributed by atoms with Crippen LogP contribution < -0.4 is 5.32 Å². The van der Waals surface area contributed by atoms with E-state index >= 15 is 0 Å². The Kier molecular flexibility index (Phi) is 4.96. The summed E-state index contributed by atoms with van der Waals surface area (Å²) in [6, 6.07) is 11.1. The molecule has 0 fully saturated rings. The van der Waals surface area contributed by atoms with Crippen molar-refractivity contribution in [2.75, 3.05) is 6.54 Å². The van der Waals surface area contributed by atoms with Gasteiger partial charge in [-0.15, -0.1) is 0 Å². The number of hydrogen-bond acceptors (Lipinski definition) is 2. The smallest absolute Gasteiger partial charge is 0.0644 e. The van der Waals surface area contributed by atoms with Crippen LogP contribution in [-0.4, -0.2) is 16.3 Å². The Hall–Kier alpha value is -1.61. The molecule has 0 aliphatic carbocycles. The zero-order chi connectivity index (χ0) is 14.5. The number of rotatable bonds is 6. The highest BCUT2D eigenvalue weighted by Crippen LogP contribution is 2.25. The predicted molar refractivity (Wildman–Crippen MR) is 83.9 cm³/mol. The Labute approximate surface area is 122 Å². The molecule has 0 aliphatic heterocycles. The summed E-state index contributed by atoms with van der Waals surface area (Å²) in [5.74, 6) is 0. The van der Waals surface area contributed by atoms with Gasteiger partial charge in [0.2, 0.25) is 0 Å². The van der Waals surface area contributed by atoms with Crippen molar-refractivity contribution in [1.29, 1.82) is 0 Å². The maximum atomic E-state index is 4.55. The zero-order valence-corrected chi connectivity index (χ0v) is 13.0. The molecule has 1 atom stereocenters. The van der Waals surface area contributed by atoms with Gasteiger partial charge in [-0.2, -0.15) is 5.10 Å². The summed E-state index contributed by atoms with van der Waals surface area (Å²) in [5.41, 5.74) is 5.17. The Bertz CT molecular complexity index is 543. The summed E-state index contributed by atoms with van der Waals surface area (Å²) < 4.78 is 1.98. The topological polar surface area (TPSA) is 29.9 Å². The first-order valence-electron chi connectivity index (χ1n) is 7.40. The molecule has 0 radical (unpaired) electrons. The molecule has 0 aliphatic rings. The Morgan fingerprint density at radius 1 is 1.20 bits per heavy atom. The highest BCUT2D eigenvalue weighted by Gasteiger charge is 2.19. The van der Waals surface area contributed by atoms with Crippen molar-refractivity contribution < 1.29 is 0 Å². The van der Waals surface area contributed by atoms with E-state index in [1.165, 1.54) is 16.8 Å². The van der Waals surface area contributed by atoms with Gasteiger partial charge in [0.1, 0.15) is 0 Å². The van der Waals surface area contributed by atoms with E-state index in [0.717, 1.165) is 25.1 Å². The molecule has 1 N–H and O–H groups in total. The lowest BCUT2D eigenvalue weighted by Gasteiger charge is -2.19. The maximum absolute atomic E-state index is 4.55. The van der Waals surface area contributed by atoms with E-state index < -0.39 is 0 Å². The SMILES string of the molecule is CCNC(CCc1ccccc1)c1c(C)nn(C)c1C. The fourth-order valence-corrected chi connectivity index (χ4v) is 2.84. The molecule has 2 rings (SSSR count). The number of aryl methyl sites for hydroxylation is 3. The summed E-state index contributed by atoms with van der Waals surface area (Å²) in [6.07, 6.45) is 2.19. The van der Waals surface area contributed by atoms with Gasteiger partial charge >= 0.3 is 0 Å². The van der Waals surface area contributed by atoms with Crippen molar-refractivity contribution in [1.82, 2.24) is 15.1 Å². The Morgan fingerprint density at radius 2 is 1.90 bits per heavy atom. The van der Waals surface area contributed by atoms with Crippen LogP contribution in [0.15, 0.2) is 30.3 Å². The molecule has 3 heteroatoms. The van der Waals surface area contributed by atoms with E-state index in [-0.39, 0.29) is 0 Å². The summed E-state index contributed by atoms with van der Waals surface area (Å²) >= 11 is 0. The number of aromatic nitrogens is 2. The fourth-order valence-electron chi connectivity index (χ4n) is 2.84. The number of hydrogen-bond donors (Lipinski definition) is 1. The molecule has 1 aromatic heterocycles. The monoisotopic (exact) mass is 271 g/mol. The van der Waals surface area contributed by atoms with Crippen LogP contribution in [0.1, 0.15) is 41.9 Å². The lowest BCUT2D eigenvalue weighted by Crippen LogP contribution is -2.22. The van der Waals surface area contributed by atoms with Gasteiger partial charge in [-0.25, -0.2) is 0 Å². The van der Waals surface area contributed by atoms with Crippen LogP contribution in [0, 0.1) is 13.8 Å². The first-order chi connectivity index (χ1) is 9.63. The van der Waals surface area contributed by atoms with Crippen molar-refractivity contribution >= 4 is 0 Å². The molecular formula is C17H25N3. The second-order valence-corrected chi connectivity index (χ2v) is 5.34. The van der Waals surface area contributed by atoms with Gasteiger partial charge in [0, 0.05) is 24.3 Å². The van der Waals surface area contributed by atoms with E-state index in [1.807, 2.05) is 11.7 Å². The quantitative estimate of drug-likeness (QED) is 0.873. The minimum Gasteiger partial charge on any atom is -0.310 e. The van der Waals surface area contributed by atoms with E-state index in [1.54, 1.807) is 0 Å². The first kappa shape index (κ1) is 14.8. The van der Waals surface area contributed by atoms with Gasteiger partial charge in [-0.3, -0.25) is 4.68 Å². The van der Waals surface area contributed by atoms with Gasteiger partial charge in [-0.1, -0.05) is 37.3 Å². The Balaban J connectivity index is 2.14. The van der Waals surface area contributed by atoms with Crippen LogP contribution in [0.2, 0.25) is 0 Å². The van der Waals surface area contributed by atoms with Crippen LogP contribution >= 0.6 is 0 Å². The van der Waals surface area contributed by atoms with Gasteiger partial charge < -0.3 is 5.32 Å². The predicted octanol–water partition coefficient (Wildman–Crippen LogP) is 3.32. The van der Waals surface area contributed by atoms with Gasteiger partial charge in [0.25, 0.3) is 0 Å².